The third-order valence-electron chi connectivity index (χ3n) is 4.37. The third kappa shape index (κ3) is 3.21. The van der Waals surface area contributed by atoms with E-state index in [1.54, 1.807) is 0 Å². The van der Waals surface area contributed by atoms with Crippen LogP contribution >= 0.6 is 0 Å². The highest BCUT2D eigenvalue weighted by Gasteiger charge is 2.41. The molecule has 17 heavy (non-hydrogen) atoms. The van der Waals surface area contributed by atoms with Gasteiger partial charge in [0.05, 0.1) is 18.8 Å². The SMILES string of the molecule is CNC1C(OCC2CCCCO2)CCC1(C)C. The van der Waals surface area contributed by atoms with Crippen molar-refractivity contribution in [2.45, 2.75) is 64.2 Å². The minimum Gasteiger partial charge on any atom is -0.376 e. The van der Waals surface area contributed by atoms with Crippen molar-refractivity contribution in [3.63, 3.8) is 0 Å². The first-order valence-electron chi connectivity index (χ1n) is 7.04. The maximum atomic E-state index is 6.09. The van der Waals surface area contributed by atoms with E-state index in [9.17, 15) is 0 Å². The lowest BCUT2D eigenvalue weighted by Crippen LogP contribution is -2.44. The molecule has 2 aliphatic rings. The molecule has 1 N–H and O–H groups in total. The Balaban J connectivity index is 1.78. The van der Waals surface area contributed by atoms with Gasteiger partial charge in [0, 0.05) is 12.6 Å². The van der Waals surface area contributed by atoms with E-state index in [1.807, 2.05) is 7.05 Å². The highest BCUT2D eigenvalue weighted by molar-refractivity contribution is 4.96. The molecule has 0 radical (unpaired) electrons. The molecule has 1 heterocycles. The zero-order valence-electron chi connectivity index (χ0n) is 11.5. The Morgan fingerprint density at radius 2 is 2.12 bits per heavy atom. The minimum absolute atomic E-state index is 0.338. The van der Waals surface area contributed by atoms with E-state index in [4.69, 9.17) is 9.47 Å². The van der Waals surface area contributed by atoms with Gasteiger partial charge >= 0.3 is 0 Å². The van der Waals surface area contributed by atoms with E-state index in [2.05, 4.69) is 19.2 Å². The monoisotopic (exact) mass is 241 g/mol. The lowest BCUT2D eigenvalue weighted by Gasteiger charge is -2.31. The van der Waals surface area contributed by atoms with Gasteiger partial charge in [-0.3, -0.25) is 0 Å². The summed E-state index contributed by atoms with van der Waals surface area (Å²) < 4.78 is 11.8. The van der Waals surface area contributed by atoms with E-state index >= 15 is 0 Å². The van der Waals surface area contributed by atoms with Gasteiger partial charge in [-0.2, -0.15) is 0 Å². The predicted octanol–water partition coefficient (Wildman–Crippen LogP) is 2.35. The summed E-state index contributed by atoms with van der Waals surface area (Å²) in [7, 11) is 2.05. The van der Waals surface area contributed by atoms with E-state index in [0.717, 1.165) is 13.2 Å². The molecular formula is C14H27NO2. The molecule has 3 atom stereocenters. The second kappa shape index (κ2) is 5.68. The van der Waals surface area contributed by atoms with Crippen molar-refractivity contribution >= 4 is 0 Å². The average Bonchev–Trinajstić information content (AvgIpc) is 2.62. The smallest absolute Gasteiger partial charge is 0.0808 e. The molecule has 1 saturated heterocycles. The van der Waals surface area contributed by atoms with Crippen molar-refractivity contribution in [2.24, 2.45) is 5.41 Å². The van der Waals surface area contributed by atoms with E-state index < -0.39 is 0 Å². The maximum Gasteiger partial charge on any atom is 0.0808 e. The van der Waals surface area contributed by atoms with Gasteiger partial charge in [-0.25, -0.2) is 0 Å². The molecular weight excluding hydrogens is 214 g/mol. The number of nitrogens with one attached hydrogen (secondary N) is 1. The van der Waals surface area contributed by atoms with E-state index in [1.165, 1.54) is 32.1 Å². The molecule has 0 amide bonds. The number of likely N-dealkylation sites (N-methyl/N-ethyl adjacent to an activating group) is 1. The molecule has 3 nitrogen and oxygen atoms in total. The highest BCUT2D eigenvalue weighted by Crippen LogP contribution is 2.39. The third-order valence-corrected chi connectivity index (χ3v) is 4.37. The van der Waals surface area contributed by atoms with Crippen LogP contribution in [0.15, 0.2) is 0 Å². The molecule has 0 aromatic carbocycles. The minimum atomic E-state index is 0.338. The summed E-state index contributed by atoms with van der Waals surface area (Å²) in [6.45, 7) is 6.35. The quantitative estimate of drug-likeness (QED) is 0.819. The Morgan fingerprint density at radius 1 is 1.29 bits per heavy atom. The summed E-state index contributed by atoms with van der Waals surface area (Å²) in [4.78, 5) is 0. The summed E-state index contributed by atoms with van der Waals surface area (Å²) in [5.41, 5.74) is 0.354. The maximum absolute atomic E-state index is 6.09. The first-order valence-corrected chi connectivity index (χ1v) is 7.04. The van der Waals surface area contributed by atoms with Crippen LogP contribution in [0, 0.1) is 5.41 Å². The Labute approximate surface area is 105 Å². The molecule has 3 unspecified atom stereocenters. The number of hydrogen-bond donors (Lipinski definition) is 1. The van der Waals surface area contributed by atoms with Gasteiger partial charge < -0.3 is 14.8 Å². The second-order valence-electron chi connectivity index (χ2n) is 6.15. The molecule has 1 saturated carbocycles. The van der Waals surface area contributed by atoms with Crippen molar-refractivity contribution in [1.29, 1.82) is 0 Å². The Kier molecular flexibility index (Phi) is 4.45. The number of rotatable bonds is 4. The van der Waals surface area contributed by atoms with Crippen LogP contribution in [-0.4, -0.2) is 38.5 Å². The Morgan fingerprint density at radius 3 is 2.76 bits per heavy atom. The summed E-state index contributed by atoms with van der Waals surface area (Å²) >= 11 is 0. The van der Waals surface area contributed by atoms with Crippen LogP contribution in [0.5, 0.6) is 0 Å². The zero-order chi connectivity index (χ0) is 12.3. The molecule has 0 aromatic rings. The first-order chi connectivity index (χ1) is 8.13. The van der Waals surface area contributed by atoms with Crippen LogP contribution in [0.25, 0.3) is 0 Å². The summed E-state index contributed by atoms with van der Waals surface area (Å²) in [6, 6.07) is 0.478. The molecule has 0 spiro atoms. The fraction of sp³-hybridized carbons (Fsp3) is 1.00. The summed E-state index contributed by atoms with van der Waals surface area (Å²) in [5.74, 6) is 0. The van der Waals surface area contributed by atoms with Gasteiger partial charge in [0.25, 0.3) is 0 Å². The van der Waals surface area contributed by atoms with Crippen LogP contribution < -0.4 is 5.32 Å². The molecule has 3 heteroatoms. The molecule has 2 fully saturated rings. The molecule has 2 rings (SSSR count). The van der Waals surface area contributed by atoms with Crippen LogP contribution in [0.3, 0.4) is 0 Å². The first kappa shape index (κ1) is 13.3. The van der Waals surface area contributed by atoms with E-state index in [0.29, 0.717) is 23.7 Å². The van der Waals surface area contributed by atoms with Gasteiger partial charge in [0.15, 0.2) is 0 Å². The molecule has 100 valence electrons. The lowest BCUT2D eigenvalue weighted by atomic mass is 9.87. The number of ether oxygens (including phenoxy) is 2. The van der Waals surface area contributed by atoms with Crippen molar-refractivity contribution in [2.75, 3.05) is 20.3 Å². The standard InChI is InChI=1S/C14H27NO2/c1-14(2)8-7-12(13(14)15-3)17-10-11-6-4-5-9-16-11/h11-13,15H,4-10H2,1-3H3. The van der Waals surface area contributed by atoms with E-state index in [-0.39, 0.29) is 0 Å². The van der Waals surface area contributed by atoms with Gasteiger partial charge in [0.1, 0.15) is 0 Å². The molecule has 1 aliphatic heterocycles. The van der Waals surface area contributed by atoms with Crippen molar-refractivity contribution in [1.82, 2.24) is 5.32 Å². The second-order valence-corrected chi connectivity index (χ2v) is 6.15. The Bertz CT molecular complexity index is 236. The fourth-order valence-corrected chi connectivity index (χ4v) is 3.27. The van der Waals surface area contributed by atoms with Gasteiger partial charge in [-0.1, -0.05) is 13.8 Å². The zero-order valence-corrected chi connectivity index (χ0v) is 11.5. The van der Waals surface area contributed by atoms with Gasteiger partial charge in [-0.05, 0) is 44.6 Å². The largest absolute Gasteiger partial charge is 0.376 e. The molecule has 1 aliphatic carbocycles. The Hall–Kier alpha value is -0.120. The van der Waals surface area contributed by atoms with Gasteiger partial charge in [0.2, 0.25) is 0 Å². The van der Waals surface area contributed by atoms with Crippen molar-refractivity contribution in [3.05, 3.63) is 0 Å². The van der Waals surface area contributed by atoms with Crippen molar-refractivity contribution < 1.29 is 9.47 Å². The highest BCUT2D eigenvalue weighted by atomic mass is 16.5. The normalized spacial score (nSPS) is 37.2. The van der Waals surface area contributed by atoms with Crippen LogP contribution in [0.1, 0.15) is 46.0 Å². The van der Waals surface area contributed by atoms with Crippen molar-refractivity contribution in [3.8, 4) is 0 Å². The molecule has 0 aromatic heterocycles. The summed E-state index contributed by atoms with van der Waals surface area (Å²) in [5, 5.41) is 3.43. The van der Waals surface area contributed by atoms with Crippen LogP contribution in [0.4, 0.5) is 0 Å². The van der Waals surface area contributed by atoms with Gasteiger partial charge in [-0.15, -0.1) is 0 Å². The predicted molar refractivity (Wildman–Crippen MR) is 69.2 cm³/mol. The topological polar surface area (TPSA) is 30.5 Å². The summed E-state index contributed by atoms with van der Waals surface area (Å²) in [6.07, 6.45) is 6.79. The number of hydrogen-bond acceptors (Lipinski definition) is 3. The van der Waals surface area contributed by atoms with Crippen LogP contribution in [-0.2, 0) is 9.47 Å². The fourth-order valence-electron chi connectivity index (χ4n) is 3.27. The molecule has 0 bridgehead atoms. The van der Waals surface area contributed by atoms with Crippen LogP contribution in [0.2, 0.25) is 0 Å². The lowest BCUT2D eigenvalue weighted by molar-refractivity contribution is -0.0690. The average molecular weight is 241 g/mol.